The minimum atomic E-state index is -2.32. The number of ketones is 1. The first kappa shape index (κ1) is 99.5. The fourth-order valence-electron chi connectivity index (χ4n) is 14.7. The van der Waals surface area contributed by atoms with Crippen LogP contribution in [0.4, 0.5) is 0 Å². The highest BCUT2D eigenvalue weighted by atomic mass is 16.8. The lowest BCUT2D eigenvalue weighted by Gasteiger charge is -2.48. The van der Waals surface area contributed by atoms with Gasteiger partial charge in [-0.25, -0.2) is 9.59 Å². The predicted molar refractivity (Wildman–Crippen MR) is 403 cm³/mol. The molecular weight excluding hydrogens is 1520 g/mol. The number of carbonyl (C=O) groups excluding carboxylic acids is 3. The molecule has 0 spiro atoms. The number of aliphatic carboxylic acids is 2. The number of carbonyl (C=O) groups is 5. The molecule has 0 bridgehead atoms. The van der Waals surface area contributed by atoms with Gasteiger partial charge in [0.1, 0.15) is 122 Å². The molecule has 664 valence electrons. The van der Waals surface area contributed by atoms with Crippen molar-refractivity contribution in [2.24, 2.45) is 0 Å². The molecule has 6 rings (SSSR count). The van der Waals surface area contributed by atoms with E-state index in [1.54, 1.807) is 0 Å². The number of Topliss-reactive ketones (excluding diaryl/α,β-unsaturated/α-hetero) is 1. The molecule has 0 radical (unpaired) electrons. The Labute approximate surface area is 671 Å². The van der Waals surface area contributed by atoms with E-state index in [-0.39, 0.29) is 69.8 Å². The Morgan fingerprint density at radius 3 is 1.43 bits per heavy atom. The van der Waals surface area contributed by atoms with Crippen LogP contribution in [0.15, 0.2) is 30.3 Å². The van der Waals surface area contributed by atoms with Gasteiger partial charge in [-0.05, 0) is 56.9 Å². The van der Waals surface area contributed by atoms with Crippen LogP contribution < -0.4 is 10.6 Å². The Kier molecular flexibility index (Phi) is 46.9. The van der Waals surface area contributed by atoms with Crippen LogP contribution in [0, 0.1) is 0 Å². The lowest BCUT2D eigenvalue weighted by Crippen LogP contribution is -2.68. The summed E-state index contributed by atoms with van der Waals surface area (Å²) in [7, 11) is 0. The summed E-state index contributed by atoms with van der Waals surface area (Å²) in [6.07, 6.45) is -24.1. The Morgan fingerprint density at radius 2 is 0.852 bits per heavy atom. The number of carboxylic acids is 2. The van der Waals surface area contributed by atoms with Gasteiger partial charge in [-0.15, -0.1) is 0 Å². The van der Waals surface area contributed by atoms with Gasteiger partial charge in [0.2, 0.25) is 11.8 Å². The van der Waals surface area contributed by atoms with Crippen LogP contribution in [0.5, 0.6) is 0 Å². The number of aliphatic hydroxyl groups is 16. The van der Waals surface area contributed by atoms with E-state index in [0.717, 1.165) is 83.5 Å². The summed E-state index contributed by atoms with van der Waals surface area (Å²) in [5.74, 6) is -4.31. The van der Waals surface area contributed by atoms with Gasteiger partial charge >= 0.3 is 11.9 Å². The number of benzene rings is 1. The molecule has 36 heteroatoms. The maximum atomic E-state index is 13.4. The van der Waals surface area contributed by atoms with Crippen molar-refractivity contribution in [3.63, 3.8) is 0 Å². The Hall–Kier alpha value is -4.31. The quantitative estimate of drug-likeness (QED) is 0.0367. The number of amides is 2. The van der Waals surface area contributed by atoms with Crippen LogP contribution >= 0.6 is 0 Å². The maximum absolute atomic E-state index is 13.4. The summed E-state index contributed by atoms with van der Waals surface area (Å²) in [5.41, 5.74) is 1.34. The Balaban J connectivity index is 0.829. The third-order valence-corrected chi connectivity index (χ3v) is 21.8. The number of aryl methyl sites for hydroxylation is 1. The van der Waals surface area contributed by atoms with Gasteiger partial charge in [-0.1, -0.05) is 166 Å². The van der Waals surface area contributed by atoms with E-state index < -0.39 is 197 Å². The van der Waals surface area contributed by atoms with Crippen molar-refractivity contribution >= 4 is 29.5 Å². The number of ether oxygens (including phenoxy) is 11. The van der Waals surface area contributed by atoms with Gasteiger partial charge in [-0.3, -0.25) is 14.4 Å². The predicted octanol–water partition coefficient (Wildman–Crippen LogP) is -0.452. The molecule has 1 aromatic carbocycles. The van der Waals surface area contributed by atoms with Crippen molar-refractivity contribution < 1.29 is 168 Å². The summed E-state index contributed by atoms with van der Waals surface area (Å²) in [6.45, 7) is -0.465. The molecule has 36 nitrogen and oxygen atoms in total. The summed E-state index contributed by atoms with van der Waals surface area (Å²) >= 11 is 0. The molecule has 5 saturated heterocycles. The first-order chi connectivity index (χ1) is 55.2. The number of hydrogen-bond acceptors (Lipinski definition) is 32. The van der Waals surface area contributed by atoms with E-state index in [2.05, 4.69) is 41.8 Å². The smallest absolute Gasteiger partial charge is 0.335 e. The van der Waals surface area contributed by atoms with Crippen molar-refractivity contribution in [3.05, 3.63) is 35.9 Å². The minimum absolute atomic E-state index is 0.0380. The van der Waals surface area contributed by atoms with E-state index in [1.165, 1.54) is 56.9 Å². The SMILES string of the molecule is CCCCCCCCCCCCCC[C@@H](O)[C@@H](O)[C@H](COC1OC(COCCCCCCCC(=O)CCCCC(=O)NCCOC2OC(CO)C(OC3OC(C(=O)O)C(O)C(OC4OC(CO)C(OC5OC(C(=O)O)C(O)C(O)C5O)C(O)C4O)C3O)C(O)C2O)C(O)C(O)C1O)NC(=O)CCCCCCCCCc1ccccc1. The number of rotatable bonds is 58. The minimum Gasteiger partial charge on any atom is -0.479 e. The normalized spacial score (nSPS) is 32.6. The second-order valence-corrected chi connectivity index (χ2v) is 31.0. The lowest BCUT2D eigenvalue weighted by molar-refractivity contribution is -0.385. The van der Waals surface area contributed by atoms with Gasteiger partial charge in [0.05, 0.1) is 45.2 Å². The maximum Gasteiger partial charge on any atom is 0.335 e. The molecule has 5 aliphatic heterocycles. The number of hydrogen-bond donors (Lipinski definition) is 20. The van der Waals surface area contributed by atoms with Crippen LogP contribution in [0.2, 0.25) is 0 Å². The van der Waals surface area contributed by atoms with E-state index in [9.17, 15) is 116 Å². The van der Waals surface area contributed by atoms with Gasteiger partial charge in [0.15, 0.2) is 43.7 Å². The highest BCUT2D eigenvalue weighted by Gasteiger charge is 2.57. The molecular formula is C79H134N2O34. The largest absolute Gasteiger partial charge is 0.479 e. The van der Waals surface area contributed by atoms with Crippen molar-refractivity contribution in [3.8, 4) is 0 Å². The summed E-state index contributed by atoms with van der Waals surface area (Å²) in [4.78, 5) is 62.7. The summed E-state index contributed by atoms with van der Waals surface area (Å²) in [6, 6.07) is 9.34. The van der Waals surface area contributed by atoms with Crippen molar-refractivity contribution in [1.29, 1.82) is 0 Å². The summed E-state index contributed by atoms with van der Waals surface area (Å²) in [5, 5.41) is 198. The average molecular weight is 1660 g/mol. The second-order valence-electron chi connectivity index (χ2n) is 31.0. The topological polar surface area (TPSA) is 575 Å². The van der Waals surface area contributed by atoms with Gasteiger partial charge in [0.25, 0.3) is 0 Å². The van der Waals surface area contributed by atoms with Crippen molar-refractivity contribution in [2.45, 2.75) is 384 Å². The Morgan fingerprint density at radius 1 is 0.417 bits per heavy atom. The zero-order valence-electron chi connectivity index (χ0n) is 66.2. The zero-order valence-corrected chi connectivity index (χ0v) is 66.2. The standard InChI is InChI=1S/C79H134N2O34/c1-2-3-4-5-6-7-8-9-10-13-18-26-36-49(85)55(88)48(81-54(87)38-27-19-14-11-12-16-22-31-46-32-23-21-24-33-46)44-107-76-62(95)57(90)56(89)52(110-76)45-105-40-30-20-15-17-25-34-47(84)35-28-29-37-53(86)80-39-41-106-75-64(97)60(93)68(50(42-82)108-75)112-79-67(100)70(66(99)72(115-79)74(103)104)113-77-65(98)61(94)69(51(43-83)109-77)111-78-63(96)58(91)59(92)71(114-78)73(101)102/h21,23-24,32-33,48-52,55-72,75-79,82-83,85,88-100H,2-20,22,25-31,34-45H2,1H3,(H,80,86)(H,81,87)(H,101,102)(H,103,104)/t48-,49+,50?,51?,52?,55-,56?,57?,58?,59?,60?,61?,62?,63?,64?,65?,66?,67?,68?,69?,70?,71?,72?,75?,76?,77?,78?,79?/m0/s1. The first-order valence-corrected chi connectivity index (χ1v) is 41.6. The van der Waals surface area contributed by atoms with E-state index >= 15 is 0 Å². The molecule has 115 heavy (non-hydrogen) atoms. The zero-order chi connectivity index (χ0) is 83.9. The molecule has 0 aromatic heterocycles. The molecule has 20 N–H and O–H groups in total. The fraction of sp³-hybridized carbons (Fsp3) is 0.861. The molecule has 28 atom stereocenters. The Bertz CT molecular complexity index is 2840. The summed E-state index contributed by atoms with van der Waals surface area (Å²) < 4.78 is 61.5. The molecule has 5 aliphatic rings. The van der Waals surface area contributed by atoms with E-state index in [1.807, 2.05) is 6.07 Å². The van der Waals surface area contributed by atoms with Crippen molar-refractivity contribution in [2.75, 3.05) is 46.2 Å². The highest BCUT2D eigenvalue weighted by Crippen LogP contribution is 2.36. The number of aliphatic hydroxyl groups excluding tert-OH is 16. The second kappa shape index (κ2) is 54.2. The number of nitrogens with one attached hydrogen (secondary N) is 2. The molecule has 0 aliphatic carbocycles. The van der Waals surface area contributed by atoms with Crippen LogP contribution in [0.1, 0.15) is 212 Å². The van der Waals surface area contributed by atoms with Crippen molar-refractivity contribution in [1.82, 2.24) is 10.6 Å². The third kappa shape index (κ3) is 32.9. The van der Waals surface area contributed by atoms with Crippen LogP contribution in [-0.4, -0.2) is 339 Å². The molecule has 5 heterocycles. The van der Waals surface area contributed by atoms with E-state index in [0.29, 0.717) is 51.4 Å². The van der Waals surface area contributed by atoms with E-state index in [4.69, 9.17) is 52.1 Å². The number of carboxylic acid groups (broad SMARTS) is 2. The van der Waals surface area contributed by atoms with Gasteiger partial charge < -0.3 is 155 Å². The van der Waals surface area contributed by atoms with Crippen LogP contribution in [-0.2, 0) is 82.5 Å². The molecule has 2 amide bonds. The first-order valence-electron chi connectivity index (χ1n) is 41.6. The average Bonchev–Trinajstić information content (AvgIpc) is 0.772. The molecule has 0 saturated carbocycles. The van der Waals surface area contributed by atoms with Gasteiger partial charge in [0, 0.05) is 38.8 Å². The van der Waals surface area contributed by atoms with Gasteiger partial charge in [-0.2, -0.15) is 0 Å². The van der Waals surface area contributed by atoms with Crippen LogP contribution in [0.3, 0.4) is 0 Å². The number of unbranched alkanes of at least 4 members (excludes halogenated alkanes) is 22. The van der Waals surface area contributed by atoms with Crippen LogP contribution in [0.25, 0.3) is 0 Å². The monoisotopic (exact) mass is 1650 g/mol. The highest BCUT2D eigenvalue weighted by molar-refractivity contribution is 5.79. The lowest BCUT2D eigenvalue weighted by atomic mass is 9.95. The molecule has 1 aromatic rings. The molecule has 25 unspecified atom stereocenters. The third-order valence-electron chi connectivity index (χ3n) is 21.8. The molecule has 5 fully saturated rings. The fourth-order valence-corrected chi connectivity index (χ4v) is 14.7.